The molecule has 1 aromatic heterocycles. The highest BCUT2D eigenvalue weighted by molar-refractivity contribution is 5.41. The van der Waals surface area contributed by atoms with Crippen molar-refractivity contribution in [3.05, 3.63) is 53.3 Å². The molecule has 1 aromatic carbocycles. The van der Waals surface area contributed by atoms with Crippen molar-refractivity contribution >= 4 is 0 Å². The maximum atomic E-state index is 10.1. The van der Waals surface area contributed by atoms with Gasteiger partial charge in [-0.1, -0.05) is 19.1 Å². The lowest BCUT2D eigenvalue weighted by Crippen LogP contribution is -2.19. The van der Waals surface area contributed by atoms with Gasteiger partial charge in [0.1, 0.15) is 11.5 Å². The Labute approximate surface area is 125 Å². The molecule has 112 valence electrons. The van der Waals surface area contributed by atoms with Gasteiger partial charge in [-0.25, -0.2) is 0 Å². The minimum atomic E-state index is 0.0302. The molecule has 0 fully saturated rings. The lowest BCUT2D eigenvalue weighted by Gasteiger charge is -2.17. The summed E-state index contributed by atoms with van der Waals surface area (Å²) in [6.07, 6.45) is 2.78. The molecule has 2 N–H and O–H groups in total. The summed E-state index contributed by atoms with van der Waals surface area (Å²) >= 11 is 0. The van der Waals surface area contributed by atoms with Crippen LogP contribution in [0, 0.1) is 0 Å². The molecule has 1 unspecified atom stereocenters. The second-order valence-corrected chi connectivity index (χ2v) is 4.99. The van der Waals surface area contributed by atoms with Crippen molar-refractivity contribution in [3.63, 3.8) is 0 Å². The number of rotatable bonds is 6. The van der Waals surface area contributed by atoms with Gasteiger partial charge < -0.3 is 15.2 Å². The van der Waals surface area contributed by atoms with Crippen molar-refractivity contribution in [3.8, 4) is 11.5 Å². The number of hydrogen-bond acceptors (Lipinski definition) is 4. The molecule has 0 bridgehead atoms. The smallest absolute Gasteiger partial charge is 0.124 e. The highest BCUT2D eigenvalue weighted by Gasteiger charge is 2.12. The van der Waals surface area contributed by atoms with Gasteiger partial charge in [0.15, 0.2) is 0 Å². The van der Waals surface area contributed by atoms with Crippen LogP contribution < -0.4 is 10.1 Å². The summed E-state index contributed by atoms with van der Waals surface area (Å²) in [5.74, 6) is 0.896. The van der Waals surface area contributed by atoms with E-state index in [-0.39, 0.29) is 11.8 Å². The van der Waals surface area contributed by atoms with Crippen LogP contribution in [-0.2, 0) is 13.0 Å². The molecule has 1 heterocycles. The number of phenolic OH excluding ortho intramolecular Hbond substituents is 1. The number of aromatic nitrogens is 1. The van der Waals surface area contributed by atoms with Gasteiger partial charge in [-0.3, -0.25) is 4.98 Å². The first-order valence-corrected chi connectivity index (χ1v) is 7.18. The predicted molar refractivity (Wildman–Crippen MR) is 83.5 cm³/mol. The second-order valence-electron chi connectivity index (χ2n) is 4.99. The Balaban J connectivity index is 2.06. The Morgan fingerprint density at radius 3 is 2.81 bits per heavy atom. The summed E-state index contributed by atoms with van der Waals surface area (Å²) in [5, 5.41) is 13.5. The molecule has 4 nitrogen and oxygen atoms in total. The summed E-state index contributed by atoms with van der Waals surface area (Å²) in [6.45, 7) is 4.83. The van der Waals surface area contributed by atoms with Crippen molar-refractivity contribution in [1.29, 1.82) is 0 Å². The van der Waals surface area contributed by atoms with Crippen LogP contribution >= 0.6 is 0 Å². The predicted octanol–water partition coefficient (Wildman–Crippen LogP) is 3.21. The van der Waals surface area contributed by atoms with E-state index in [9.17, 15) is 5.11 Å². The number of hydrogen-bond donors (Lipinski definition) is 2. The Morgan fingerprint density at radius 1 is 1.33 bits per heavy atom. The normalized spacial score (nSPS) is 12.1. The third-order valence-electron chi connectivity index (χ3n) is 3.65. The Morgan fingerprint density at radius 2 is 2.14 bits per heavy atom. The van der Waals surface area contributed by atoms with Gasteiger partial charge in [0.05, 0.1) is 12.8 Å². The maximum absolute atomic E-state index is 10.1. The van der Waals surface area contributed by atoms with Gasteiger partial charge in [0.25, 0.3) is 0 Å². The van der Waals surface area contributed by atoms with Crippen LogP contribution in [0.1, 0.15) is 36.7 Å². The number of nitrogens with zero attached hydrogens (tertiary/aromatic N) is 1. The third kappa shape index (κ3) is 3.73. The van der Waals surface area contributed by atoms with Crippen LogP contribution in [0.25, 0.3) is 0 Å². The second kappa shape index (κ2) is 7.09. The summed E-state index contributed by atoms with van der Waals surface area (Å²) in [4.78, 5) is 4.42. The molecule has 0 radical (unpaired) electrons. The molecule has 0 aliphatic carbocycles. The lowest BCUT2D eigenvalue weighted by atomic mass is 10.1. The van der Waals surface area contributed by atoms with E-state index in [0.29, 0.717) is 12.3 Å². The first-order chi connectivity index (χ1) is 10.2. The summed E-state index contributed by atoms with van der Waals surface area (Å²) in [6, 6.07) is 9.45. The zero-order valence-corrected chi connectivity index (χ0v) is 12.8. The van der Waals surface area contributed by atoms with Gasteiger partial charge >= 0.3 is 0 Å². The molecule has 0 saturated heterocycles. The van der Waals surface area contributed by atoms with Gasteiger partial charge in [0.2, 0.25) is 0 Å². The highest BCUT2D eigenvalue weighted by atomic mass is 16.5. The number of nitrogens with one attached hydrogen (secondary N) is 1. The van der Waals surface area contributed by atoms with E-state index in [0.717, 1.165) is 17.7 Å². The molecule has 2 aromatic rings. The molecule has 0 spiro atoms. The number of phenols is 1. The van der Waals surface area contributed by atoms with Gasteiger partial charge in [-0.2, -0.15) is 0 Å². The van der Waals surface area contributed by atoms with E-state index >= 15 is 0 Å². The zero-order chi connectivity index (χ0) is 15.2. The molecule has 2 rings (SSSR count). The SMILES string of the molecule is CCc1cccnc1CNC(C)c1ccc(OC)cc1O. The summed E-state index contributed by atoms with van der Waals surface area (Å²) < 4.78 is 5.10. The van der Waals surface area contributed by atoms with E-state index < -0.39 is 0 Å². The van der Waals surface area contributed by atoms with Gasteiger partial charge in [0, 0.05) is 30.4 Å². The van der Waals surface area contributed by atoms with Crippen molar-refractivity contribution in [2.45, 2.75) is 32.9 Å². The van der Waals surface area contributed by atoms with E-state index in [4.69, 9.17) is 4.74 Å². The number of aryl methyl sites for hydroxylation is 1. The molecule has 21 heavy (non-hydrogen) atoms. The number of pyridine rings is 1. The average Bonchev–Trinajstić information content (AvgIpc) is 2.52. The molecule has 0 aliphatic heterocycles. The monoisotopic (exact) mass is 286 g/mol. The van der Waals surface area contributed by atoms with Crippen molar-refractivity contribution in [2.24, 2.45) is 0 Å². The van der Waals surface area contributed by atoms with Gasteiger partial charge in [-0.15, -0.1) is 0 Å². The fourth-order valence-electron chi connectivity index (χ4n) is 2.33. The molecular weight excluding hydrogens is 264 g/mol. The first kappa shape index (κ1) is 15.3. The van der Waals surface area contributed by atoms with Crippen LogP contribution in [0.2, 0.25) is 0 Å². The van der Waals surface area contributed by atoms with Crippen molar-refractivity contribution in [1.82, 2.24) is 10.3 Å². The molecule has 0 saturated carbocycles. The number of aromatic hydroxyl groups is 1. The molecule has 0 aliphatic rings. The minimum absolute atomic E-state index is 0.0302. The van der Waals surface area contributed by atoms with E-state index in [2.05, 4.69) is 23.3 Å². The van der Waals surface area contributed by atoms with Crippen LogP contribution in [-0.4, -0.2) is 17.2 Å². The molecule has 0 amide bonds. The van der Waals surface area contributed by atoms with Crippen LogP contribution in [0.15, 0.2) is 36.5 Å². The fourth-order valence-corrected chi connectivity index (χ4v) is 2.33. The fraction of sp³-hybridized carbons (Fsp3) is 0.353. The molecule has 1 atom stereocenters. The number of methoxy groups -OCH3 is 1. The van der Waals surface area contributed by atoms with Crippen LogP contribution in [0.3, 0.4) is 0 Å². The van der Waals surface area contributed by atoms with E-state index in [1.165, 1.54) is 5.56 Å². The van der Waals surface area contributed by atoms with E-state index in [1.54, 1.807) is 13.2 Å². The largest absolute Gasteiger partial charge is 0.507 e. The van der Waals surface area contributed by atoms with E-state index in [1.807, 2.05) is 31.3 Å². The highest BCUT2D eigenvalue weighted by Crippen LogP contribution is 2.28. The number of benzene rings is 1. The summed E-state index contributed by atoms with van der Waals surface area (Å²) in [5.41, 5.74) is 3.15. The summed E-state index contributed by atoms with van der Waals surface area (Å²) in [7, 11) is 1.59. The zero-order valence-electron chi connectivity index (χ0n) is 12.8. The Hall–Kier alpha value is -2.07. The molecular formula is C17H22N2O2. The average molecular weight is 286 g/mol. The Bertz CT molecular complexity index is 599. The van der Waals surface area contributed by atoms with Crippen LogP contribution in [0.4, 0.5) is 0 Å². The standard InChI is InChI=1S/C17H22N2O2/c1-4-13-6-5-9-18-16(13)11-19-12(2)15-8-7-14(21-3)10-17(15)20/h5-10,12,19-20H,4,11H2,1-3H3. The number of ether oxygens (including phenoxy) is 1. The quantitative estimate of drug-likeness (QED) is 0.856. The lowest BCUT2D eigenvalue weighted by molar-refractivity contribution is 0.404. The first-order valence-electron chi connectivity index (χ1n) is 7.18. The Kier molecular flexibility index (Phi) is 5.17. The topological polar surface area (TPSA) is 54.4 Å². The molecule has 4 heteroatoms. The maximum Gasteiger partial charge on any atom is 0.124 e. The van der Waals surface area contributed by atoms with Crippen molar-refractivity contribution in [2.75, 3.05) is 7.11 Å². The van der Waals surface area contributed by atoms with Crippen molar-refractivity contribution < 1.29 is 9.84 Å². The minimum Gasteiger partial charge on any atom is -0.507 e. The van der Waals surface area contributed by atoms with Crippen LogP contribution in [0.5, 0.6) is 11.5 Å². The third-order valence-corrected chi connectivity index (χ3v) is 3.65. The van der Waals surface area contributed by atoms with Gasteiger partial charge in [-0.05, 0) is 31.0 Å².